The number of rotatable bonds is 6. The molecule has 0 N–H and O–H groups in total. The lowest BCUT2D eigenvalue weighted by Crippen LogP contribution is -1.97. The molecule has 0 aliphatic rings. The Balaban J connectivity index is 0.000000796. The fourth-order valence-electron chi connectivity index (χ4n) is 8.36. The van der Waals surface area contributed by atoms with Gasteiger partial charge in [0.2, 0.25) is 0 Å². The molecule has 3 heterocycles. The van der Waals surface area contributed by atoms with E-state index >= 15 is 0 Å². The maximum Gasteiger partial charge on any atom is 0.160 e. The molecule has 0 aliphatic heterocycles. The van der Waals surface area contributed by atoms with Gasteiger partial charge in [-0.15, -0.1) is 0 Å². The third-order valence-electron chi connectivity index (χ3n) is 11.1. The average molecular weight is 757 g/mol. The smallest absolute Gasteiger partial charge is 0.160 e. The van der Waals surface area contributed by atoms with Crippen LogP contribution in [0.25, 0.3) is 99.7 Å². The summed E-state index contributed by atoms with van der Waals surface area (Å²) in [6.07, 6.45) is 5.58. The summed E-state index contributed by atoms with van der Waals surface area (Å²) in [6.45, 7) is 5.42. The highest BCUT2D eigenvalue weighted by molar-refractivity contribution is 6.12. The molecular weight excluding hydrogens is 717 g/mol. The predicted octanol–water partition coefficient (Wildman–Crippen LogP) is 14.6. The molecule has 0 unspecified atom stereocenters. The van der Waals surface area contributed by atoms with Crippen molar-refractivity contribution < 1.29 is 0 Å². The van der Waals surface area contributed by atoms with Crippen molar-refractivity contribution >= 4 is 54.5 Å². The Kier molecular flexibility index (Phi) is 9.20. The van der Waals surface area contributed by atoms with Crippen LogP contribution in [0.1, 0.15) is 6.92 Å². The zero-order valence-corrected chi connectivity index (χ0v) is 32.7. The fraction of sp³-hybridized carbons (Fsp3) is 0.0182. The second kappa shape index (κ2) is 15.3. The molecule has 4 heteroatoms. The summed E-state index contributed by atoms with van der Waals surface area (Å²) in [5.41, 5.74) is 13.4. The molecule has 0 bridgehead atoms. The molecular formula is C55H40N4. The first-order chi connectivity index (χ1) is 29.2. The van der Waals surface area contributed by atoms with Gasteiger partial charge in [-0.05, 0) is 96.9 Å². The van der Waals surface area contributed by atoms with Gasteiger partial charge in [-0.1, -0.05) is 140 Å². The van der Waals surface area contributed by atoms with Crippen LogP contribution in [0, 0.1) is 0 Å². The number of benzene rings is 8. The van der Waals surface area contributed by atoms with E-state index in [2.05, 4.69) is 192 Å². The van der Waals surface area contributed by atoms with Crippen molar-refractivity contribution in [2.75, 3.05) is 0 Å². The van der Waals surface area contributed by atoms with Crippen LogP contribution < -0.4 is 0 Å². The van der Waals surface area contributed by atoms with Crippen molar-refractivity contribution in [3.05, 3.63) is 219 Å². The Bertz CT molecular complexity index is 3330. The van der Waals surface area contributed by atoms with Gasteiger partial charge in [0, 0.05) is 49.4 Å². The molecule has 0 saturated heterocycles. The van der Waals surface area contributed by atoms with Crippen molar-refractivity contribution in [1.82, 2.24) is 19.1 Å². The van der Waals surface area contributed by atoms with Gasteiger partial charge < -0.3 is 9.13 Å². The Morgan fingerprint density at radius 1 is 0.407 bits per heavy atom. The van der Waals surface area contributed by atoms with Crippen LogP contribution >= 0.6 is 0 Å². The van der Waals surface area contributed by atoms with E-state index in [1.165, 1.54) is 60.4 Å². The van der Waals surface area contributed by atoms with Crippen LogP contribution in [0.3, 0.4) is 0 Å². The molecule has 11 rings (SSSR count). The highest BCUT2D eigenvalue weighted by atomic mass is 15.0. The van der Waals surface area contributed by atoms with Gasteiger partial charge in [0.15, 0.2) is 5.82 Å². The number of nitrogens with zero attached hydrogens (tertiary/aromatic N) is 4. The predicted molar refractivity (Wildman–Crippen MR) is 250 cm³/mol. The average Bonchev–Trinajstić information content (AvgIpc) is 3.82. The highest BCUT2D eigenvalue weighted by Gasteiger charge is 2.17. The van der Waals surface area contributed by atoms with E-state index in [0.29, 0.717) is 0 Å². The van der Waals surface area contributed by atoms with Crippen LogP contribution in [-0.2, 0) is 0 Å². The molecule has 8 aromatic carbocycles. The number of allylic oxidation sites excluding steroid dienone is 3. The monoisotopic (exact) mass is 756 g/mol. The largest absolute Gasteiger partial charge is 0.309 e. The maximum absolute atomic E-state index is 5.11. The van der Waals surface area contributed by atoms with E-state index in [0.717, 1.165) is 39.2 Å². The molecule has 280 valence electrons. The Morgan fingerprint density at radius 2 is 0.881 bits per heavy atom. The third-order valence-corrected chi connectivity index (χ3v) is 11.1. The van der Waals surface area contributed by atoms with Crippen molar-refractivity contribution in [3.8, 4) is 45.1 Å². The number of aromatic nitrogens is 4. The van der Waals surface area contributed by atoms with Crippen molar-refractivity contribution in [2.24, 2.45) is 0 Å². The molecule has 11 aromatic rings. The topological polar surface area (TPSA) is 35.6 Å². The molecule has 3 aromatic heterocycles. The van der Waals surface area contributed by atoms with Gasteiger partial charge >= 0.3 is 0 Å². The van der Waals surface area contributed by atoms with E-state index in [9.17, 15) is 0 Å². The molecule has 0 amide bonds. The summed E-state index contributed by atoms with van der Waals surface area (Å²) in [4.78, 5) is 10.1. The molecule has 4 nitrogen and oxygen atoms in total. The summed E-state index contributed by atoms with van der Waals surface area (Å²) < 4.78 is 4.73. The van der Waals surface area contributed by atoms with E-state index in [4.69, 9.17) is 9.97 Å². The quantitative estimate of drug-likeness (QED) is 0.158. The van der Waals surface area contributed by atoms with E-state index in [1.54, 1.807) is 6.08 Å². The summed E-state index contributed by atoms with van der Waals surface area (Å²) in [6, 6.07) is 69.1. The first-order valence-corrected chi connectivity index (χ1v) is 20.0. The van der Waals surface area contributed by atoms with E-state index in [-0.39, 0.29) is 0 Å². The van der Waals surface area contributed by atoms with Gasteiger partial charge in [0.1, 0.15) is 0 Å². The number of fused-ring (bicyclic) bond motifs is 7. The fourth-order valence-corrected chi connectivity index (χ4v) is 8.36. The van der Waals surface area contributed by atoms with Gasteiger partial charge in [-0.2, -0.15) is 0 Å². The van der Waals surface area contributed by atoms with E-state index < -0.39 is 0 Å². The molecule has 0 radical (unpaired) electrons. The lowest BCUT2D eigenvalue weighted by molar-refractivity contribution is 1.17. The standard InChI is InChI=1S/C50H32N4.C5H8/c1-3-13-33(14-4-1)49-41-19-7-10-20-44(41)51-50(52-49)34-23-27-38(28-24-34)54-46-22-12-9-18-40(46)43-32-36(26-30-48(43)54)35-25-29-47-42(31-35)39-17-8-11-21-45(39)53(47)37-15-5-2-6-16-37;1-3-5-4-2/h1-32H;3-5H,1H2,2H3/b;5-4-. The summed E-state index contributed by atoms with van der Waals surface area (Å²) in [5, 5.41) is 6.01. The van der Waals surface area contributed by atoms with Crippen molar-refractivity contribution in [3.63, 3.8) is 0 Å². The second-order valence-corrected chi connectivity index (χ2v) is 14.6. The minimum Gasteiger partial charge on any atom is -0.309 e. The minimum absolute atomic E-state index is 0.717. The number of para-hydroxylation sites is 4. The normalized spacial score (nSPS) is 11.5. The summed E-state index contributed by atoms with van der Waals surface area (Å²) in [5.74, 6) is 0.717. The van der Waals surface area contributed by atoms with Crippen LogP contribution in [0.15, 0.2) is 219 Å². The zero-order chi connectivity index (χ0) is 39.7. The first kappa shape index (κ1) is 35.6. The van der Waals surface area contributed by atoms with Gasteiger partial charge in [0.25, 0.3) is 0 Å². The van der Waals surface area contributed by atoms with Gasteiger partial charge in [-0.3, -0.25) is 0 Å². The second-order valence-electron chi connectivity index (χ2n) is 14.6. The van der Waals surface area contributed by atoms with Gasteiger partial charge in [-0.25, -0.2) is 9.97 Å². The van der Waals surface area contributed by atoms with Gasteiger partial charge in [0.05, 0.1) is 33.3 Å². The zero-order valence-electron chi connectivity index (χ0n) is 32.7. The van der Waals surface area contributed by atoms with Crippen LogP contribution in [0.2, 0.25) is 0 Å². The molecule has 0 spiro atoms. The van der Waals surface area contributed by atoms with Crippen LogP contribution in [-0.4, -0.2) is 19.1 Å². The van der Waals surface area contributed by atoms with E-state index in [1.807, 2.05) is 37.3 Å². The third kappa shape index (κ3) is 6.37. The van der Waals surface area contributed by atoms with Crippen LogP contribution in [0.4, 0.5) is 0 Å². The minimum atomic E-state index is 0.717. The molecule has 0 saturated carbocycles. The molecule has 0 aliphatic carbocycles. The Hall–Kier alpha value is -7.82. The highest BCUT2D eigenvalue weighted by Crippen LogP contribution is 2.38. The molecule has 59 heavy (non-hydrogen) atoms. The maximum atomic E-state index is 5.11. The summed E-state index contributed by atoms with van der Waals surface area (Å²) >= 11 is 0. The number of hydrogen-bond acceptors (Lipinski definition) is 2. The van der Waals surface area contributed by atoms with Crippen molar-refractivity contribution in [1.29, 1.82) is 0 Å². The lowest BCUT2D eigenvalue weighted by Gasteiger charge is -2.11. The molecule has 0 fully saturated rings. The SMILES string of the molecule is C=C/C=C\C.c1ccc(-c2nc(-c3ccc(-n4c5ccccc5c5cc(-c6ccc7c(c6)c6ccccc6n7-c6ccccc6)ccc54)cc3)nc3ccccc23)cc1. The Morgan fingerprint density at radius 3 is 1.44 bits per heavy atom. The summed E-state index contributed by atoms with van der Waals surface area (Å²) in [7, 11) is 0. The molecule has 0 atom stereocenters. The Labute approximate surface area is 343 Å². The lowest BCUT2D eigenvalue weighted by atomic mass is 10.0. The van der Waals surface area contributed by atoms with Crippen LogP contribution in [0.5, 0.6) is 0 Å². The first-order valence-electron chi connectivity index (χ1n) is 20.0. The van der Waals surface area contributed by atoms with Crippen molar-refractivity contribution in [2.45, 2.75) is 6.92 Å². The number of hydrogen-bond donors (Lipinski definition) is 0.